The van der Waals surface area contributed by atoms with Gasteiger partial charge < -0.3 is 5.11 Å². The average Bonchev–Trinajstić information content (AvgIpc) is 2.08. The van der Waals surface area contributed by atoms with Gasteiger partial charge in [-0.15, -0.1) is 0 Å². The van der Waals surface area contributed by atoms with Crippen LogP contribution in [0, 0.1) is 11.3 Å². The Kier molecular flexibility index (Phi) is 2.71. The SMILES string of the molecule is C=C(C)Cc1cc(C#N)ccc1O. The molecule has 0 aliphatic heterocycles. The molecule has 2 nitrogen and oxygen atoms in total. The Balaban J connectivity index is 3.05. The highest BCUT2D eigenvalue weighted by Crippen LogP contribution is 2.20. The molecular weight excluding hydrogens is 162 g/mol. The average molecular weight is 173 g/mol. The summed E-state index contributed by atoms with van der Waals surface area (Å²) in [6, 6.07) is 6.84. The van der Waals surface area contributed by atoms with E-state index in [2.05, 4.69) is 6.58 Å². The Morgan fingerprint density at radius 3 is 2.85 bits per heavy atom. The maximum absolute atomic E-state index is 9.43. The molecular formula is C11H11NO. The minimum atomic E-state index is 0.224. The van der Waals surface area contributed by atoms with Gasteiger partial charge in [0.1, 0.15) is 5.75 Å². The molecule has 0 bridgehead atoms. The number of aromatic hydroxyl groups is 1. The van der Waals surface area contributed by atoms with Gasteiger partial charge in [0.05, 0.1) is 11.6 Å². The molecule has 0 unspecified atom stereocenters. The van der Waals surface area contributed by atoms with Crippen LogP contribution in [0.15, 0.2) is 30.4 Å². The number of rotatable bonds is 2. The first-order chi connectivity index (χ1) is 6.13. The molecule has 0 saturated carbocycles. The fourth-order valence-corrected chi connectivity index (χ4v) is 1.12. The van der Waals surface area contributed by atoms with Gasteiger partial charge >= 0.3 is 0 Å². The molecule has 0 saturated heterocycles. The lowest BCUT2D eigenvalue weighted by atomic mass is 10.0. The van der Waals surface area contributed by atoms with Crippen LogP contribution >= 0.6 is 0 Å². The maximum Gasteiger partial charge on any atom is 0.119 e. The summed E-state index contributed by atoms with van der Waals surface area (Å²) in [5.74, 6) is 0.224. The molecule has 0 spiro atoms. The number of phenols is 1. The van der Waals surface area contributed by atoms with Gasteiger partial charge in [-0.05, 0) is 37.1 Å². The predicted octanol–water partition coefficient (Wildman–Crippen LogP) is 2.38. The lowest BCUT2D eigenvalue weighted by Crippen LogP contribution is -1.87. The van der Waals surface area contributed by atoms with Crippen molar-refractivity contribution in [1.29, 1.82) is 5.26 Å². The molecule has 0 atom stereocenters. The van der Waals surface area contributed by atoms with Gasteiger partial charge in [-0.2, -0.15) is 5.26 Å². The quantitative estimate of drug-likeness (QED) is 0.698. The van der Waals surface area contributed by atoms with Crippen LogP contribution in [-0.2, 0) is 6.42 Å². The maximum atomic E-state index is 9.43. The molecule has 1 aromatic rings. The molecule has 1 rings (SSSR count). The summed E-state index contributed by atoms with van der Waals surface area (Å²) in [7, 11) is 0. The standard InChI is InChI=1S/C11H11NO/c1-8(2)5-10-6-9(7-12)3-4-11(10)13/h3-4,6,13H,1,5H2,2H3. The molecule has 0 aromatic heterocycles. The van der Waals surface area contributed by atoms with E-state index < -0.39 is 0 Å². The third-order valence-corrected chi connectivity index (χ3v) is 1.70. The highest BCUT2D eigenvalue weighted by Gasteiger charge is 2.02. The summed E-state index contributed by atoms with van der Waals surface area (Å²) in [6.45, 7) is 5.64. The first-order valence-corrected chi connectivity index (χ1v) is 4.00. The van der Waals surface area contributed by atoms with E-state index >= 15 is 0 Å². The van der Waals surface area contributed by atoms with Crippen LogP contribution in [0.1, 0.15) is 18.1 Å². The van der Waals surface area contributed by atoms with Gasteiger partial charge in [0, 0.05) is 0 Å². The molecule has 0 aliphatic carbocycles. The van der Waals surface area contributed by atoms with Crippen molar-refractivity contribution in [2.75, 3.05) is 0 Å². The lowest BCUT2D eigenvalue weighted by molar-refractivity contribution is 0.469. The Labute approximate surface area is 77.8 Å². The van der Waals surface area contributed by atoms with Gasteiger partial charge in [0.25, 0.3) is 0 Å². The minimum Gasteiger partial charge on any atom is -0.508 e. The summed E-state index contributed by atoms with van der Waals surface area (Å²) in [4.78, 5) is 0. The highest BCUT2D eigenvalue weighted by atomic mass is 16.3. The molecule has 13 heavy (non-hydrogen) atoms. The minimum absolute atomic E-state index is 0.224. The number of nitrogens with zero attached hydrogens (tertiary/aromatic N) is 1. The van der Waals surface area contributed by atoms with Crippen LogP contribution in [-0.4, -0.2) is 5.11 Å². The number of nitriles is 1. The Hall–Kier alpha value is -1.75. The first kappa shape index (κ1) is 9.34. The zero-order chi connectivity index (χ0) is 9.84. The third kappa shape index (κ3) is 2.34. The Morgan fingerprint density at radius 2 is 2.31 bits per heavy atom. The number of benzene rings is 1. The van der Waals surface area contributed by atoms with Gasteiger partial charge in [-0.1, -0.05) is 12.2 Å². The Bertz CT molecular complexity index is 374. The second-order valence-electron chi connectivity index (χ2n) is 3.09. The van der Waals surface area contributed by atoms with Gasteiger partial charge in [0.2, 0.25) is 0 Å². The zero-order valence-corrected chi connectivity index (χ0v) is 7.54. The molecule has 66 valence electrons. The van der Waals surface area contributed by atoms with E-state index in [1.165, 1.54) is 6.07 Å². The Morgan fingerprint density at radius 1 is 1.62 bits per heavy atom. The van der Waals surface area contributed by atoms with Crippen molar-refractivity contribution in [3.8, 4) is 11.8 Å². The molecule has 0 heterocycles. The summed E-state index contributed by atoms with van der Waals surface area (Å²) in [5, 5.41) is 18.1. The second-order valence-corrected chi connectivity index (χ2v) is 3.09. The van der Waals surface area contributed by atoms with Crippen LogP contribution in [0.25, 0.3) is 0 Å². The van der Waals surface area contributed by atoms with E-state index in [0.29, 0.717) is 12.0 Å². The van der Waals surface area contributed by atoms with Gasteiger partial charge in [-0.25, -0.2) is 0 Å². The molecule has 2 heteroatoms. The van der Waals surface area contributed by atoms with Crippen molar-refractivity contribution in [2.24, 2.45) is 0 Å². The zero-order valence-electron chi connectivity index (χ0n) is 7.54. The number of allylic oxidation sites excluding steroid dienone is 1. The van der Waals surface area contributed by atoms with E-state index in [1.54, 1.807) is 12.1 Å². The van der Waals surface area contributed by atoms with Crippen molar-refractivity contribution in [2.45, 2.75) is 13.3 Å². The number of phenolic OH excluding ortho intramolecular Hbond substituents is 1. The summed E-state index contributed by atoms with van der Waals surface area (Å²) >= 11 is 0. The molecule has 0 fully saturated rings. The van der Waals surface area contributed by atoms with Gasteiger partial charge in [0.15, 0.2) is 0 Å². The van der Waals surface area contributed by atoms with Gasteiger partial charge in [-0.3, -0.25) is 0 Å². The van der Waals surface area contributed by atoms with E-state index in [-0.39, 0.29) is 5.75 Å². The topological polar surface area (TPSA) is 44.0 Å². The fourth-order valence-electron chi connectivity index (χ4n) is 1.12. The normalized spacial score (nSPS) is 9.23. The van der Waals surface area contributed by atoms with E-state index in [0.717, 1.165) is 11.1 Å². The molecule has 0 aliphatic rings. The third-order valence-electron chi connectivity index (χ3n) is 1.70. The molecule has 1 N–H and O–H groups in total. The summed E-state index contributed by atoms with van der Waals surface area (Å²) in [5.41, 5.74) is 2.28. The van der Waals surface area contributed by atoms with Crippen LogP contribution in [0.2, 0.25) is 0 Å². The smallest absolute Gasteiger partial charge is 0.119 e. The van der Waals surface area contributed by atoms with Crippen molar-refractivity contribution >= 4 is 0 Å². The van der Waals surface area contributed by atoms with Crippen LogP contribution in [0.4, 0.5) is 0 Å². The van der Waals surface area contributed by atoms with Crippen molar-refractivity contribution in [3.05, 3.63) is 41.5 Å². The first-order valence-electron chi connectivity index (χ1n) is 4.00. The van der Waals surface area contributed by atoms with Crippen LogP contribution in [0.5, 0.6) is 5.75 Å². The number of hydrogen-bond donors (Lipinski definition) is 1. The van der Waals surface area contributed by atoms with Crippen LogP contribution < -0.4 is 0 Å². The molecule has 0 radical (unpaired) electrons. The second kappa shape index (κ2) is 3.77. The van der Waals surface area contributed by atoms with Crippen molar-refractivity contribution < 1.29 is 5.11 Å². The predicted molar refractivity (Wildman–Crippen MR) is 51.3 cm³/mol. The molecule has 0 amide bonds. The van der Waals surface area contributed by atoms with Crippen molar-refractivity contribution in [3.63, 3.8) is 0 Å². The van der Waals surface area contributed by atoms with Crippen LogP contribution in [0.3, 0.4) is 0 Å². The van der Waals surface area contributed by atoms with E-state index in [4.69, 9.17) is 5.26 Å². The number of hydrogen-bond acceptors (Lipinski definition) is 2. The van der Waals surface area contributed by atoms with Crippen molar-refractivity contribution in [1.82, 2.24) is 0 Å². The summed E-state index contributed by atoms with van der Waals surface area (Å²) < 4.78 is 0. The monoisotopic (exact) mass is 173 g/mol. The molecule has 1 aromatic carbocycles. The fraction of sp³-hybridized carbons (Fsp3) is 0.182. The summed E-state index contributed by atoms with van der Waals surface area (Å²) in [6.07, 6.45) is 0.612. The largest absolute Gasteiger partial charge is 0.508 e. The van der Waals surface area contributed by atoms with E-state index in [1.807, 2.05) is 13.0 Å². The van der Waals surface area contributed by atoms with E-state index in [9.17, 15) is 5.11 Å². The lowest BCUT2D eigenvalue weighted by Gasteiger charge is -2.03. The highest BCUT2D eigenvalue weighted by molar-refractivity contribution is 5.42.